The number of phenolic OH excluding ortho intramolecular Hbond substituents is 1. The van der Waals surface area contributed by atoms with Gasteiger partial charge in [-0.1, -0.05) is 12.1 Å². The van der Waals surface area contributed by atoms with Gasteiger partial charge in [0.2, 0.25) is 41.4 Å². The van der Waals surface area contributed by atoms with E-state index in [4.69, 9.17) is 33.8 Å². The second kappa shape index (κ2) is 34.9. The second-order valence-electron chi connectivity index (χ2n) is 18.3. The predicted molar refractivity (Wildman–Crippen MR) is 280 cm³/mol. The number of aliphatic hydroxyl groups is 1. The molecule has 438 valence electrons. The molecular formula is C47H75N17O15. The topological polar surface area (TPSA) is 561 Å². The number of aromatic nitrogens is 2. The second-order valence-corrected chi connectivity index (χ2v) is 18.3. The number of aliphatic hydroxyl groups excluding tert-OH is 1. The van der Waals surface area contributed by atoms with Crippen LogP contribution in [0.1, 0.15) is 88.8 Å². The molecule has 2 rings (SSSR count). The number of hydrogen-bond acceptors (Lipinski definition) is 17. The Bertz CT molecular complexity index is 2380. The third-order valence-corrected chi connectivity index (χ3v) is 11.8. The van der Waals surface area contributed by atoms with Crippen LogP contribution in [0.4, 0.5) is 0 Å². The van der Waals surface area contributed by atoms with Crippen LogP contribution in [0.25, 0.3) is 0 Å². The number of aromatic hydroxyl groups is 1. The zero-order valence-electron chi connectivity index (χ0n) is 43.5. The van der Waals surface area contributed by atoms with E-state index in [1.54, 1.807) is 0 Å². The highest BCUT2D eigenvalue weighted by Crippen LogP contribution is 2.14. The molecule has 0 spiro atoms. The minimum absolute atomic E-state index is 0.0554. The van der Waals surface area contributed by atoms with Crippen LogP contribution in [0.3, 0.4) is 0 Å². The van der Waals surface area contributed by atoms with Crippen LogP contribution < -0.4 is 70.8 Å². The van der Waals surface area contributed by atoms with E-state index in [9.17, 15) is 73.5 Å². The lowest BCUT2D eigenvalue weighted by Crippen LogP contribution is -2.62. The van der Waals surface area contributed by atoms with Crippen LogP contribution in [0.2, 0.25) is 0 Å². The fourth-order valence-corrected chi connectivity index (χ4v) is 7.48. The molecule has 2 aromatic rings. The molecule has 32 nitrogen and oxygen atoms in total. The molecule has 0 saturated heterocycles. The number of rotatable bonds is 38. The average molecular weight is 1120 g/mol. The number of hydrogen-bond donors (Lipinski definition) is 21. The summed E-state index contributed by atoms with van der Waals surface area (Å²) in [6.07, 6.45) is -1.32. The lowest BCUT2D eigenvalue weighted by Gasteiger charge is -2.28. The van der Waals surface area contributed by atoms with Crippen LogP contribution in [0.15, 0.2) is 36.8 Å². The molecule has 0 aliphatic rings. The maximum absolute atomic E-state index is 14.5. The number of nitrogens with one attached hydrogen (secondary N) is 12. The van der Waals surface area contributed by atoms with Crippen LogP contribution in [-0.4, -0.2) is 181 Å². The minimum Gasteiger partial charge on any atom is -0.508 e. The summed E-state index contributed by atoms with van der Waals surface area (Å²) in [4.78, 5) is 140. The Kier molecular flexibility index (Phi) is 29.4. The van der Waals surface area contributed by atoms with Crippen molar-refractivity contribution >= 4 is 71.2 Å². The van der Waals surface area contributed by atoms with Gasteiger partial charge in [-0.15, -0.1) is 0 Å². The minimum atomic E-state index is -1.91. The van der Waals surface area contributed by atoms with Crippen LogP contribution in [-0.2, 0) is 60.8 Å². The molecule has 0 unspecified atom stereocenters. The molecule has 0 saturated carbocycles. The zero-order chi connectivity index (χ0) is 59.2. The highest BCUT2D eigenvalue weighted by Gasteiger charge is 2.36. The number of carbonyl (C=O) groups is 10. The summed E-state index contributed by atoms with van der Waals surface area (Å²) >= 11 is 0. The molecule has 32 heteroatoms. The fraction of sp³-hybridized carbons (Fsp3) is 0.553. The number of aliphatic carboxylic acids is 3. The number of H-pyrrole nitrogens is 1. The van der Waals surface area contributed by atoms with Crippen LogP contribution in [0, 0.1) is 10.8 Å². The van der Waals surface area contributed by atoms with E-state index < -0.39 is 146 Å². The van der Waals surface area contributed by atoms with Gasteiger partial charge in [0.05, 0.1) is 24.2 Å². The smallest absolute Gasteiger partial charge is 0.326 e. The molecule has 79 heavy (non-hydrogen) atoms. The van der Waals surface area contributed by atoms with Crippen molar-refractivity contribution in [2.24, 2.45) is 22.9 Å². The van der Waals surface area contributed by atoms with Gasteiger partial charge < -0.3 is 101 Å². The third-order valence-electron chi connectivity index (χ3n) is 11.8. The summed E-state index contributed by atoms with van der Waals surface area (Å²) < 4.78 is 0. The largest absolute Gasteiger partial charge is 0.508 e. The van der Waals surface area contributed by atoms with Gasteiger partial charge in [-0.3, -0.25) is 54.0 Å². The van der Waals surface area contributed by atoms with Crippen molar-refractivity contribution < 1.29 is 73.5 Å². The first-order chi connectivity index (χ1) is 37.3. The van der Waals surface area contributed by atoms with Gasteiger partial charge in [0.1, 0.15) is 48.0 Å². The first-order valence-electron chi connectivity index (χ1n) is 25.2. The summed E-state index contributed by atoms with van der Waals surface area (Å²) in [5.74, 6) is -12.4. The molecule has 0 radical (unpaired) electrons. The summed E-state index contributed by atoms with van der Waals surface area (Å²) in [5, 5.41) is 86.2. The van der Waals surface area contributed by atoms with E-state index in [2.05, 4.69) is 57.8 Å². The molecule has 9 atom stereocenters. The number of nitrogens with two attached hydrogens (primary N) is 4. The van der Waals surface area contributed by atoms with Crippen molar-refractivity contribution in [3.05, 3.63) is 48.0 Å². The van der Waals surface area contributed by atoms with Gasteiger partial charge in [-0.2, -0.15) is 0 Å². The van der Waals surface area contributed by atoms with E-state index in [-0.39, 0.29) is 75.1 Å². The first kappa shape index (κ1) is 66.5. The monoisotopic (exact) mass is 1120 g/mol. The Balaban J connectivity index is 2.53. The number of carboxylic acid groups (broad SMARTS) is 3. The van der Waals surface area contributed by atoms with Gasteiger partial charge in [0.25, 0.3) is 0 Å². The van der Waals surface area contributed by atoms with E-state index in [0.717, 1.165) is 6.92 Å². The molecule has 1 aromatic heterocycles. The van der Waals surface area contributed by atoms with Gasteiger partial charge in [0, 0.05) is 45.0 Å². The quantitative estimate of drug-likeness (QED) is 0.0169. The predicted octanol–water partition coefficient (Wildman–Crippen LogP) is -5.53. The summed E-state index contributed by atoms with van der Waals surface area (Å²) in [5.41, 5.74) is 22.8. The van der Waals surface area contributed by atoms with E-state index in [0.29, 0.717) is 24.8 Å². The third kappa shape index (κ3) is 26.3. The first-order valence-corrected chi connectivity index (χ1v) is 25.2. The van der Waals surface area contributed by atoms with Crippen molar-refractivity contribution in [3.63, 3.8) is 0 Å². The van der Waals surface area contributed by atoms with E-state index in [1.807, 2.05) is 0 Å². The molecule has 1 heterocycles. The fourth-order valence-electron chi connectivity index (χ4n) is 7.48. The van der Waals surface area contributed by atoms with Crippen molar-refractivity contribution in [1.29, 1.82) is 10.8 Å². The normalized spacial score (nSPS) is 14.3. The van der Waals surface area contributed by atoms with Crippen LogP contribution in [0.5, 0.6) is 5.75 Å². The molecule has 0 bridgehead atoms. The molecule has 0 aliphatic carbocycles. The summed E-state index contributed by atoms with van der Waals surface area (Å²) in [6.45, 7) is 1.61. The number of carboxylic acids is 3. The SMILES string of the molecule is C[C@@H](O)[C@H](NC(=O)[C@H](Cc1c[nH]cn1)NC(=O)[C@H](Cc1ccc(O)cc1)NC(=O)[C@H](CCC(=O)O)NC(=O)[C@H](CCCNC(=N)N)NC(=O)[C@@H](N)CCCNC(=N)N)C(=O)N[C@@H](CCC(=O)O)C(=O)N[C@@H](CCCCN)C(=O)O. The molecular weight excluding hydrogens is 1040 g/mol. The lowest BCUT2D eigenvalue weighted by molar-refractivity contribution is -0.143. The number of unbranched alkanes of at least 4 members (excludes halogenated alkanes) is 1. The Labute approximate surface area is 453 Å². The zero-order valence-corrected chi connectivity index (χ0v) is 43.5. The van der Waals surface area contributed by atoms with E-state index >= 15 is 0 Å². The Morgan fingerprint density at radius 2 is 1.03 bits per heavy atom. The van der Waals surface area contributed by atoms with Gasteiger partial charge in [-0.05, 0) is 89.0 Å². The Hall–Kier alpha value is -8.65. The number of phenols is 1. The summed E-state index contributed by atoms with van der Waals surface area (Å²) in [6, 6.07) is -7.34. The van der Waals surface area contributed by atoms with Crippen molar-refractivity contribution in [1.82, 2.24) is 57.8 Å². The lowest BCUT2D eigenvalue weighted by atomic mass is 10.0. The molecule has 1 aromatic carbocycles. The number of benzene rings is 1. The average Bonchev–Trinajstić information content (AvgIpc) is 3.90. The Morgan fingerprint density at radius 1 is 0.582 bits per heavy atom. The number of carbonyl (C=O) groups excluding carboxylic acids is 7. The molecule has 0 aliphatic heterocycles. The number of amides is 7. The number of imidazole rings is 1. The van der Waals surface area contributed by atoms with Crippen LogP contribution >= 0.6 is 0 Å². The maximum Gasteiger partial charge on any atom is 0.326 e. The molecule has 25 N–H and O–H groups in total. The van der Waals surface area contributed by atoms with Crippen molar-refractivity contribution in [3.8, 4) is 5.75 Å². The number of guanidine groups is 2. The molecule has 7 amide bonds. The summed E-state index contributed by atoms with van der Waals surface area (Å²) in [7, 11) is 0. The Morgan fingerprint density at radius 3 is 1.51 bits per heavy atom. The van der Waals surface area contributed by atoms with Crippen molar-refractivity contribution in [2.45, 2.75) is 145 Å². The van der Waals surface area contributed by atoms with Gasteiger partial charge >= 0.3 is 17.9 Å². The highest BCUT2D eigenvalue weighted by molar-refractivity contribution is 5.98. The number of nitrogens with zero attached hydrogens (tertiary/aromatic N) is 1. The highest BCUT2D eigenvalue weighted by atomic mass is 16.4. The van der Waals surface area contributed by atoms with Gasteiger partial charge in [-0.25, -0.2) is 9.78 Å². The number of aromatic amines is 1. The maximum atomic E-state index is 14.5. The standard InChI is InChI=1S/C47H75N17O15/c1-24(65)37(44(77)60-31(14-16-36(69)70)40(73)61-32(45(78)79)7-2-3-17-48)64-43(76)34(21-26-22-54-23-57-26)63-42(75)33(20-25-9-11-27(66)12-10-25)62-41(74)30(13-15-35(67)68)59-39(72)29(8-5-19-56-47(52)53)58-38(71)28(49)6-4-18-55-46(50)51/h9-12,22-24,28-34,37,65-66H,2-8,13-21,48-49H2,1H3,(H,54,57)(H,58,71)(H,59,72)(H,60,77)(H,61,73)(H,62,74)(H,63,75)(H,64,76)(H,67,68)(H,69,70)(H,78,79)(H4,50,51,55)(H4,52,53,56)/t24-,28+,29+,30+,31+,32+,33+,34+,37+/m1/s1. The van der Waals surface area contributed by atoms with Crippen molar-refractivity contribution in [2.75, 3.05) is 19.6 Å². The van der Waals surface area contributed by atoms with Gasteiger partial charge in [0.15, 0.2) is 11.9 Å². The molecule has 0 fully saturated rings. The van der Waals surface area contributed by atoms with E-state index in [1.165, 1.54) is 36.8 Å².